The minimum absolute atomic E-state index is 0.216. The number of aliphatic hydroxyl groups excluding tert-OH is 2. The molecular formula is C15H24N2O4S. The highest BCUT2D eigenvalue weighted by molar-refractivity contribution is 7.90. The van der Waals surface area contributed by atoms with Gasteiger partial charge in [0, 0.05) is 31.6 Å². The summed E-state index contributed by atoms with van der Waals surface area (Å²) in [5, 5.41) is 21.3. The lowest BCUT2D eigenvalue weighted by atomic mass is 10.1. The summed E-state index contributed by atoms with van der Waals surface area (Å²) in [5.41, 5.74) is 1.45. The van der Waals surface area contributed by atoms with Crippen LogP contribution in [0.2, 0.25) is 0 Å². The van der Waals surface area contributed by atoms with Gasteiger partial charge in [-0.05, 0) is 37.5 Å². The van der Waals surface area contributed by atoms with Gasteiger partial charge in [-0.2, -0.15) is 0 Å². The molecule has 0 aromatic heterocycles. The van der Waals surface area contributed by atoms with Gasteiger partial charge in [0.15, 0.2) is 9.84 Å². The molecule has 0 saturated carbocycles. The molecule has 1 saturated heterocycles. The van der Waals surface area contributed by atoms with Crippen LogP contribution in [0.5, 0.6) is 0 Å². The van der Waals surface area contributed by atoms with E-state index in [1.165, 1.54) is 12.7 Å². The zero-order valence-electron chi connectivity index (χ0n) is 12.8. The molecular weight excluding hydrogens is 304 g/mol. The van der Waals surface area contributed by atoms with Crippen molar-refractivity contribution in [1.29, 1.82) is 0 Å². The highest BCUT2D eigenvalue weighted by atomic mass is 32.2. The lowest BCUT2D eigenvalue weighted by molar-refractivity contribution is 0.105. The van der Waals surface area contributed by atoms with E-state index in [9.17, 15) is 13.5 Å². The van der Waals surface area contributed by atoms with Crippen LogP contribution in [0.15, 0.2) is 23.1 Å². The molecule has 3 N–H and O–H groups in total. The number of hydrogen-bond donors (Lipinski definition) is 3. The van der Waals surface area contributed by atoms with E-state index in [1.54, 1.807) is 12.1 Å². The van der Waals surface area contributed by atoms with E-state index in [1.807, 2.05) is 6.07 Å². The van der Waals surface area contributed by atoms with E-state index in [0.717, 1.165) is 31.6 Å². The predicted octanol–water partition coefficient (Wildman–Crippen LogP) is 0.845. The smallest absolute Gasteiger partial charge is 0.177 e. The van der Waals surface area contributed by atoms with Crippen LogP contribution in [0, 0.1) is 0 Å². The Morgan fingerprint density at radius 3 is 2.55 bits per heavy atom. The second-order valence-electron chi connectivity index (χ2n) is 5.72. The predicted molar refractivity (Wildman–Crippen MR) is 87.2 cm³/mol. The fourth-order valence-electron chi connectivity index (χ4n) is 2.62. The summed E-state index contributed by atoms with van der Waals surface area (Å²) in [7, 11) is -3.29. The summed E-state index contributed by atoms with van der Waals surface area (Å²) >= 11 is 0. The number of aliphatic hydroxyl groups is 2. The molecule has 124 valence electrons. The van der Waals surface area contributed by atoms with Gasteiger partial charge >= 0.3 is 0 Å². The number of rotatable bonds is 6. The Morgan fingerprint density at radius 1 is 1.27 bits per heavy atom. The molecule has 0 amide bonds. The third-order valence-corrected chi connectivity index (χ3v) is 4.95. The second kappa shape index (κ2) is 7.30. The third kappa shape index (κ3) is 4.34. The van der Waals surface area contributed by atoms with E-state index >= 15 is 0 Å². The van der Waals surface area contributed by atoms with Crippen LogP contribution < -0.4 is 10.2 Å². The Bertz CT molecular complexity index is 598. The van der Waals surface area contributed by atoms with Crippen LogP contribution in [0.1, 0.15) is 19.3 Å². The molecule has 0 aliphatic carbocycles. The van der Waals surface area contributed by atoms with Crippen molar-refractivity contribution in [2.24, 2.45) is 0 Å². The molecule has 22 heavy (non-hydrogen) atoms. The maximum absolute atomic E-state index is 12.0. The molecule has 1 aliphatic heterocycles. The molecule has 1 aliphatic rings. The topological polar surface area (TPSA) is 89.9 Å². The number of sulfone groups is 1. The average Bonchev–Trinajstić information content (AvgIpc) is 2.52. The molecule has 6 nitrogen and oxygen atoms in total. The highest BCUT2D eigenvalue weighted by Gasteiger charge is 2.20. The minimum Gasteiger partial charge on any atom is -0.394 e. The van der Waals surface area contributed by atoms with Crippen LogP contribution >= 0.6 is 0 Å². The maximum atomic E-state index is 12.0. The monoisotopic (exact) mass is 328 g/mol. The Balaban J connectivity index is 2.28. The number of benzene rings is 1. The van der Waals surface area contributed by atoms with Gasteiger partial charge in [0.2, 0.25) is 0 Å². The largest absolute Gasteiger partial charge is 0.394 e. The maximum Gasteiger partial charge on any atom is 0.177 e. The van der Waals surface area contributed by atoms with Gasteiger partial charge in [0.1, 0.15) is 0 Å². The van der Waals surface area contributed by atoms with Crippen LogP contribution in [0.3, 0.4) is 0 Å². The fraction of sp³-hybridized carbons (Fsp3) is 0.600. The van der Waals surface area contributed by atoms with Crippen molar-refractivity contribution in [2.75, 3.05) is 42.7 Å². The summed E-state index contributed by atoms with van der Waals surface area (Å²) in [6, 6.07) is 5.10. The normalized spacial score (nSPS) is 17.3. The van der Waals surface area contributed by atoms with Crippen LogP contribution in [0.4, 0.5) is 11.4 Å². The first-order chi connectivity index (χ1) is 10.4. The summed E-state index contributed by atoms with van der Waals surface area (Å²) in [5.74, 6) is 0. The average molecular weight is 328 g/mol. The minimum atomic E-state index is -3.29. The molecule has 1 aromatic carbocycles. The van der Waals surface area contributed by atoms with E-state index in [4.69, 9.17) is 5.11 Å². The van der Waals surface area contributed by atoms with Crippen molar-refractivity contribution in [3.63, 3.8) is 0 Å². The van der Waals surface area contributed by atoms with Crippen molar-refractivity contribution >= 4 is 21.2 Å². The first-order valence-electron chi connectivity index (χ1n) is 7.53. The molecule has 7 heteroatoms. The van der Waals surface area contributed by atoms with Gasteiger partial charge in [0.05, 0.1) is 23.3 Å². The Hall–Kier alpha value is -1.31. The van der Waals surface area contributed by atoms with E-state index < -0.39 is 15.9 Å². The van der Waals surface area contributed by atoms with Gasteiger partial charge < -0.3 is 20.4 Å². The molecule has 1 atom stereocenters. The van der Waals surface area contributed by atoms with Crippen LogP contribution in [0.25, 0.3) is 0 Å². The van der Waals surface area contributed by atoms with Crippen molar-refractivity contribution in [2.45, 2.75) is 30.3 Å². The molecule has 1 unspecified atom stereocenters. The quantitative estimate of drug-likeness (QED) is 0.717. The van der Waals surface area contributed by atoms with Crippen LogP contribution in [-0.2, 0) is 9.84 Å². The van der Waals surface area contributed by atoms with E-state index in [0.29, 0.717) is 10.6 Å². The molecule has 2 rings (SSSR count). The molecule has 0 radical (unpaired) electrons. The van der Waals surface area contributed by atoms with Crippen molar-refractivity contribution in [3.05, 3.63) is 18.2 Å². The summed E-state index contributed by atoms with van der Waals surface area (Å²) < 4.78 is 24.0. The van der Waals surface area contributed by atoms with Crippen LogP contribution in [-0.4, -0.2) is 57.2 Å². The molecule has 1 aromatic rings. The van der Waals surface area contributed by atoms with Gasteiger partial charge in [0.25, 0.3) is 0 Å². The zero-order valence-corrected chi connectivity index (χ0v) is 13.6. The second-order valence-corrected chi connectivity index (χ2v) is 7.70. The molecule has 0 spiro atoms. The van der Waals surface area contributed by atoms with Crippen molar-refractivity contribution in [1.82, 2.24) is 0 Å². The summed E-state index contributed by atoms with van der Waals surface area (Å²) in [6.45, 7) is 1.61. The van der Waals surface area contributed by atoms with Crippen molar-refractivity contribution in [3.8, 4) is 0 Å². The Labute approximate surface area is 131 Å². The summed E-state index contributed by atoms with van der Waals surface area (Å²) in [4.78, 5) is 2.44. The third-order valence-electron chi connectivity index (χ3n) is 3.81. The Kier molecular flexibility index (Phi) is 5.66. The number of nitrogens with zero attached hydrogens (tertiary/aromatic N) is 1. The molecule has 1 heterocycles. The first kappa shape index (κ1) is 17.1. The lowest BCUT2D eigenvalue weighted by Gasteiger charge is -2.30. The summed E-state index contributed by atoms with van der Waals surface area (Å²) in [6.07, 6.45) is 3.67. The lowest BCUT2D eigenvalue weighted by Crippen LogP contribution is -2.30. The van der Waals surface area contributed by atoms with E-state index in [-0.39, 0.29) is 13.2 Å². The molecule has 0 bridgehead atoms. The van der Waals surface area contributed by atoms with Gasteiger partial charge in [-0.1, -0.05) is 0 Å². The van der Waals surface area contributed by atoms with E-state index in [2.05, 4.69) is 10.2 Å². The highest BCUT2D eigenvalue weighted by Crippen LogP contribution is 2.30. The standard InChI is InChI=1S/C15H24N2O4S/c1-22(20,21)15-6-5-12(16-10-13(19)11-18)9-14(15)17-7-3-2-4-8-17/h5-6,9,13,16,18-19H,2-4,7-8,10-11H2,1H3. The number of hydrogen-bond acceptors (Lipinski definition) is 6. The zero-order chi connectivity index (χ0) is 16.2. The Morgan fingerprint density at radius 2 is 1.95 bits per heavy atom. The number of anilines is 2. The fourth-order valence-corrected chi connectivity index (χ4v) is 3.51. The van der Waals surface area contributed by atoms with Gasteiger partial charge in [-0.25, -0.2) is 8.42 Å². The van der Waals surface area contributed by atoms with Gasteiger partial charge in [-0.15, -0.1) is 0 Å². The SMILES string of the molecule is CS(=O)(=O)c1ccc(NCC(O)CO)cc1N1CCCCC1. The molecule has 1 fully saturated rings. The number of piperidine rings is 1. The number of nitrogens with one attached hydrogen (secondary N) is 1. The van der Waals surface area contributed by atoms with Gasteiger partial charge in [-0.3, -0.25) is 0 Å². The van der Waals surface area contributed by atoms with Crippen molar-refractivity contribution < 1.29 is 18.6 Å². The first-order valence-corrected chi connectivity index (χ1v) is 9.43.